The Kier molecular flexibility index (Phi) is 3.28. The Bertz CT molecular complexity index is 516. The first kappa shape index (κ1) is 11.3. The van der Waals surface area contributed by atoms with E-state index in [0.29, 0.717) is 0 Å². The van der Waals surface area contributed by atoms with Gasteiger partial charge in [-0.05, 0) is 25.1 Å². The zero-order valence-electron chi connectivity index (χ0n) is 7.96. The molecule has 1 aromatic heterocycles. The molecule has 0 saturated carbocycles. The Morgan fingerprint density at radius 3 is 2.80 bits per heavy atom. The number of halogens is 2. The van der Waals surface area contributed by atoms with Crippen LogP contribution in [-0.4, -0.2) is 10.6 Å². The Morgan fingerprint density at radius 2 is 2.20 bits per heavy atom. The standard InChI is InChI=1S/C11H8Br2OS/c1-6(12)11(14)10-5-7-8(13)3-2-4-9(7)15-10/h2-6H,1H3. The maximum Gasteiger partial charge on any atom is 0.186 e. The van der Waals surface area contributed by atoms with Gasteiger partial charge in [-0.15, -0.1) is 11.3 Å². The summed E-state index contributed by atoms with van der Waals surface area (Å²) in [5.74, 6) is 0.142. The predicted molar refractivity (Wildman–Crippen MR) is 72.2 cm³/mol. The van der Waals surface area contributed by atoms with Crippen LogP contribution in [0.1, 0.15) is 16.6 Å². The van der Waals surface area contributed by atoms with E-state index in [1.54, 1.807) is 0 Å². The molecule has 2 aromatic rings. The number of thiophene rings is 1. The number of benzene rings is 1. The molecule has 78 valence electrons. The fourth-order valence-electron chi connectivity index (χ4n) is 1.34. The van der Waals surface area contributed by atoms with Gasteiger partial charge in [0.15, 0.2) is 5.78 Å². The van der Waals surface area contributed by atoms with Crippen LogP contribution in [0.5, 0.6) is 0 Å². The molecule has 1 atom stereocenters. The third-order valence-electron chi connectivity index (χ3n) is 2.11. The van der Waals surface area contributed by atoms with Gasteiger partial charge in [0.25, 0.3) is 0 Å². The minimum absolute atomic E-state index is 0.121. The molecule has 0 fully saturated rings. The van der Waals surface area contributed by atoms with Crippen LogP contribution in [0.2, 0.25) is 0 Å². The third kappa shape index (κ3) is 2.17. The molecule has 0 aliphatic rings. The molecule has 0 N–H and O–H groups in total. The average Bonchev–Trinajstić information content (AvgIpc) is 2.61. The van der Waals surface area contributed by atoms with E-state index in [1.165, 1.54) is 11.3 Å². The maximum atomic E-state index is 11.8. The highest BCUT2D eigenvalue weighted by atomic mass is 79.9. The largest absolute Gasteiger partial charge is 0.292 e. The number of carbonyl (C=O) groups is 1. The Morgan fingerprint density at radius 1 is 1.47 bits per heavy atom. The van der Waals surface area contributed by atoms with Crippen LogP contribution in [0.15, 0.2) is 28.7 Å². The molecule has 0 aliphatic carbocycles. The molecule has 2 rings (SSSR count). The quantitative estimate of drug-likeness (QED) is 0.571. The minimum Gasteiger partial charge on any atom is -0.292 e. The summed E-state index contributed by atoms with van der Waals surface area (Å²) >= 11 is 8.32. The zero-order chi connectivity index (χ0) is 11.0. The van der Waals surface area contributed by atoms with E-state index < -0.39 is 0 Å². The molecule has 0 amide bonds. The summed E-state index contributed by atoms with van der Waals surface area (Å²) < 4.78 is 2.18. The number of hydrogen-bond acceptors (Lipinski definition) is 2. The molecule has 1 unspecified atom stereocenters. The molecule has 1 heterocycles. The molecule has 0 radical (unpaired) electrons. The van der Waals surface area contributed by atoms with Crippen molar-refractivity contribution in [2.45, 2.75) is 11.8 Å². The van der Waals surface area contributed by atoms with Crippen LogP contribution in [0, 0.1) is 0 Å². The number of hydrogen-bond donors (Lipinski definition) is 0. The minimum atomic E-state index is -0.121. The van der Waals surface area contributed by atoms with Gasteiger partial charge in [0, 0.05) is 14.6 Å². The number of rotatable bonds is 2. The molecule has 0 aliphatic heterocycles. The van der Waals surface area contributed by atoms with Crippen molar-refractivity contribution in [3.8, 4) is 0 Å². The van der Waals surface area contributed by atoms with Crippen molar-refractivity contribution >= 4 is 59.1 Å². The van der Waals surface area contributed by atoms with Gasteiger partial charge in [-0.3, -0.25) is 4.79 Å². The van der Waals surface area contributed by atoms with Crippen LogP contribution in [-0.2, 0) is 0 Å². The van der Waals surface area contributed by atoms with E-state index in [4.69, 9.17) is 0 Å². The summed E-state index contributed by atoms with van der Waals surface area (Å²) in [6.07, 6.45) is 0. The summed E-state index contributed by atoms with van der Waals surface area (Å²) in [5.41, 5.74) is 0. The summed E-state index contributed by atoms with van der Waals surface area (Å²) in [5, 5.41) is 1.11. The van der Waals surface area contributed by atoms with Crippen molar-refractivity contribution in [1.29, 1.82) is 0 Å². The molecule has 1 nitrogen and oxygen atoms in total. The summed E-state index contributed by atoms with van der Waals surface area (Å²) in [6, 6.07) is 7.94. The van der Waals surface area contributed by atoms with E-state index >= 15 is 0 Å². The average molecular weight is 348 g/mol. The number of Topliss-reactive ketones (excluding diaryl/α,β-unsaturated/α-hetero) is 1. The molecular weight excluding hydrogens is 340 g/mol. The lowest BCUT2D eigenvalue weighted by molar-refractivity contribution is 0.1000. The van der Waals surface area contributed by atoms with E-state index in [2.05, 4.69) is 31.9 Å². The topological polar surface area (TPSA) is 17.1 Å². The lowest BCUT2D eigenvalue weighted by atomic mass is 10.2. The smallest absolute Gasteiger partial charge is 0.186 e. The van der Waals surface area contributed by atoms with Crippen LogP contribution < -0.4 is 0 Å². The van der Waals surface area contributed by atoms with Gasteiger partial charge in [-0.25, -0.2) is 0 Å². The highest BCUT2D eigenvalue weighted by Gasteiger charge is 2.15. The molecule has 0 spiro atoms. The first-order valence-corrected chi connectivity index (χ1v) is 6.98. The van der Waals surface area contributed by atoms with E-state index in [-0.39, 0.29) is 10.6 Å². The van der Waals surface area contributed by atoms with E-state index in [9.17, 15) is 4.79 Å². The van der Waals surface area contributed by atoms with Crippen LogP contribution in [0.25, 0.3) is 10.1 Å². The SMILES string of the molecule is CC(Br)C(=O)c1cc2c(Br)cccc2s1. The van der Waals surface area contributed by atoms with Crippen molar-refractivity contribution in [3.63, 3.8) is 0 Å². The van der Waals surface area contributed by atoms with Gasteiger partial charge < -0.3 is 0 Å². The second-order valence-electron chi connectivity index (χ2n) is 3.24. The number of ketones is 1. The summed E-state index contributed by atoms with van der Waals surface area (Å²) in [6.45, 7) is 1.85. The van der Waals surface area contributed by atoms with Gasteiger partial charge in [0.1, 0.15) is 0 Å². The summed E-state index contributed by atoms with van der Waals surface area (Å²) in [7, 11) is 0. The second-order valence-corrected chi connectivity index (χ2v) is 6.55. The van der Waals surface area contributed by atoms with Crippen LogP contribution >= 0.6 is 43.2 Å². The molecule has 15 heavy (non-hydrogen) atoms. The van der Waals surface area contributed by atoms with Crippen molar-refractivity contribution < 1.29 is 4.79 Å². The van der Waals surface area contributed by atoms with Gasteiger partial charge in [-0.2, -0.15) is 0 Å². The fourth-order valence-corrected chi connectivity index (χ4v) is 3.47. The Labute approximate surface area is 109 Å². The normalized spacial score (nSPS) is 13.0. The van der Waals surface area contributed by atoms with Crippen molar-refractivity contribution in [2.24, 2.45) is 0 Å². The Balaban J connectivity index is 2.57. The highest BCUT2D eigenvalue weighted by molar-refractivity contribution is 9.10. The number of carbonyl (C=O) groups excluding carboxylic acids is 1. The molecule has 0 bridgehead atoms. The first-order chi connectivity index (χ1) is 7.09. The lowest BCUT2D eigenvalue weighted by Crippen LogP contribution is -2.07. The van der Waals surface area contributed by atoms with Crippen LogP contribution in [0.3, 0.4) is 0 Å². The fraction of sp³-hybridized carbons (Fsp3) is 0.182. The van der Waals surface area contributed by atoms with Crippen molar-refractivity contribution in [3.05, 3.63) is 33.6 Å². The van der Waals surface area contributed by atoms with Crippen molar-refractivity contribution in [1.82, 2.24) is 0 Å². The monoisotopic (exact) mass is 346 g/mol. The highest BCUT2D eigenvalue weighted by Crippen LogP contribution is 2.32. The predicted octanol–water partition coefficient (Wildman–Crippen LogP) is 4.63. The Hall–Kier alpha value is -0.190. The van der Waals surface area contributed by atoms with Gasteiger partial charge in [0.05, 0.1) is 9.70 Å². The van der Waals surface area contributed by atoms with Gasteiger partial charge >= 0.3 is 0 Å². The second kappa shape index (κ2) is 4.36. The van der Waals surface area contributed by atoms with Gasteiger partial charge in [-0.1, -0.05) is 37.9 Å². The molecule has 4 heteroatoms. The van der Waals surface area contributed by atoms with E-state index in [0.717, 1.165) is 19.4 Å². The van der Waals surface area contributed by atoms with E-state index in [1.807, 2.05) is 31.2 Å². The molecule has 0 saturated heterocycles. The lowest BCUT2D eigenvalue weighted by Gasteiger charge is -1.96. The zero-order valence-corrected chi connectivity index (χ0v) is 11.9. The van der Waals surface area contributed by atoms with Gasteiger partial charge in [0.2, 0.25) is 0 Å². The molecular formula is C11H8Br2OS. The van der Waals surface area contributed by atoms with Crippen LogP contribution in [0.4, 0.5) is 0 Å². The first-order valence-electron chi connectivity index (χ1n) is 4.46. The molecule has 1 aromatic carbocycles. The third-order valence-corrected chi connectivity index (χ3v) is 4.33. The summed E-state index contributed by atoms with van der Waals surface area (Å²) in [4.78, 5) is 12.5. The van der Waals surface area contributed by atoms with Crippen molar-refractivity contribution in [2.75, 3.05) is 0 Å². The number of alkyl halides is 1. The maximum absolute atomic E-state index is 11.8. The number of fused-ring (bicyclic) bond motifs is 1.